The summed E-state index contributed by atoms with van der Waals surface area (Å²) in [7, 11) is 0. The van der Waals surface area contributed by atoms with E-state index in [2.05, 4.69) is 0 Å². The number of hydrogen-bond donors (Lipinski definition) is 2. The fourth-order valence-corrected chi connectivity index (χ4v) is 1.52. The Morgan fingerprint density at radius 2 is 2.27 bits per heavy atom. The van der Waals surface area contributed by atoms with E-state index in [9.17, 15) is 10.2 Å². The Morgan fingerprint density at radius 3 is 3.00 bits per heavy atom. The molecule has 2 bridgehead atoms. The van der Waals surface area contributed by atoms with Crippen LogP contribution in [0.1, 0.15) is 13.3 Å². The molecule has 64 valence electrons. The molecule has 2 fully saturated rings. The van der Waals surface area contributed by atoms with Gasteiger partial charge in [0, 0.05) is 6.42 Å². The Labute approximate surface area is 64.7 Å². The fraction of sp³-hybridized carbons (Fsp3) is 1.00. The van der Waals surface area contributed by atoms with Gasteiger partial charge in [0.1, 0.15) is 11.7 Å². The molecule has 11 heavy (non-hydrogen) atoms. The summed E-state index contributed by atoms with van der Waals surface area (Å²) in [4.78, 5) is 0. The molecule has 0 aromatic heterocycles. The molecule has 4 nitrogen and oxygen atoms in total. The highest BCUT2D eigenvalue weighted by atomic mass is 16.7. The van der Waals surface area contributed by atoms with Crippen molar-refractivity contribution >= 4 is 0 Å². The summed E-state index contributed by atoms with van der Waals surface area (Å²) in [5.74, 6) is 0. The average Bonchev–Trinajstić information content (AvgIpc) is 2.31. The first-order valence-electron chi connectivity index (χ1n) is 3.78. The number of rotatable bonds is 0. The number of aliphatic hydroxyl groups excluding tert-OH is 1. The Bertz CT molecular complexity index is 168. The maximum absolute atomic E-state index is 9.67. The monoisotopic (exact) mass is 160 g/mol. The Kier molecular flexibility index (Phi) is 1.47. The molecule has 2 heterocycles. The molecule has 2 saturated heterocycles. The van der Waals surface area contributed by atoms with Gasteiger partial charge < -0.3 is 19.7 Å². The van der Waals surface area contributed by atoms with Crippen molar-refractivity contribution in [3.63, 3.8) is 0 Å². The lowest BCUT2D eigenvalue weighted by Gasteiger charge is -2.37. The first-order chi connectivity index (χ1) is 5.10. The second-order valence-corrected chi connectivity index (χ2v) is 3.36. The molecule has 0 aliphatic carbocycles. The van der Waals surface area contributed by atoms with Crippen molar-refractivity contribution in [1.29, 1.82) is 0 Å². The Hall–Kier alpha value is -0.160. The zero-order valence-corrected chi connectivity index (χ0v) is 6.36. The van der Waals surface area contributed by atoms with Crippen LogP contribution in [0.15, 0.2) is 0 Å². The molecule has 4 unspecified atom stereocenters. The summed E-state index contributed by atoms with van der Waals surface area (Å²) in [5.41, 5.74) is -1.15. The lowest BCUT2D eigenvalue weighted by molar-refractivity contribution is -0.209. The highest BCUT2D eigenvalue weighted by molar-refractivity contribution is 4.96. The smallest absolute Gasteiger partial charge is 0.160 e. The SMILES string of the molecule is CC1(O)C(O)CC2OCC1O2. The highest BCUT2D eigenvalue weighted by Crippen LogP contribution is 2.34. The van der Waals surface area contributed by atoms with E-state index in [0.29, 0.717) is 13.0 Å². The molecule has 0 amide bonds. The van der Waals surface area contributed by atoms with E-state index in [1.54, 1.807) is 6.92 Å². The maximum Gasteiger partial charge on any atom is 0.160 e. The predicted molar refractivity (Wildman–Crippen MR) is 35.9 cm³/mol. The van der Waals surface area contributed by atoms with Crippen LogP contribution in [-0.2, 0) is 9.47 Å². The van der Waals surface area contributed by atoms with Crippen molar-refractivity contribution in [2.24, 2.45) is 0 Å². The first kappa shape index (κ1) is 7.49. The molecule has 0 aromatic rings. The molecule has 4 heteroatoms. The van der Waals surface area contributed by atoms with Crippen molar-refractivity contribution in [2.75, 3.05) is 6.61 Å². The summed E-state index contributed by atoms with van der Waals surface area (Å²) in [5, 5.41) is 19.1. The minimum Gasteiger partial charge on any atom is -0.390 e. The van der Waals surface area contributed by atoms with Crippen LogP contribution in [0.4, 0.5) is 0 Å². The van der Waals surface area contributed by atoms with E-state index in [1.807, 2.05) is 0 Å². The van der Waals surface area contributed by atoms with Crippen molar-refractivity contribution in [3.05, 3.63) is 0 Å². The molecular weight excluding hydrogens is 148 g/mol. The highest BCUT2D eigenvalue weighted by Gasteiger charge is 2.50. The topological polar surface area (TPSA) is 58.9 Å². The average molecular weight is 160 g/mol. The van der Waals surface area contributed by atoms with Gasteiger partial charge in [0.05, 0.1) is 12.7 Å². The molecule has 0 aromatic carbocycles. The summed E-state index contributed by atoms with van der Waals surface area (Å²) >= 11 is 0. The van der Waals surface area contributed by atoms with Gasteiger partial charge in [-0.1, -0.05) is 0 Å². The van der Waals surface area contributed by atoms with Gasteiger partial charge in [-0.15, -0.1) is 0 Å². The minimum absolute atomic E-state index is 0.310. The van der Waals surface area contributed by atoms with Gasteiger partial charge in [-0.05, 0) is 6.92 Å². The number of fused-ring (bicyclic) bond motifs is 2. The van der Waals surface area contributed by atoms with Gasteiger partial charge in [0.25, 0.3) is 0 Å². The van der Waals surface area contributed by atoms with E-state index < -0.39 is 11.7 Å². The molecule has 2 rings (SSSR count). The molecule has 0 spiro atoms. The molecule has 2 N–H and O–H groups in total. The second-order valence-electron chi connectivity index (χ2n) is 3.36. The lowest BCUT2D eigenvalue weighted by Crippen LogP contribution is -2.54. The maximum atomic E-state index is 9.67. The molecule has 2 aliphatic heterocycles. The van der Waals surface area contributed by atoms with Gasteiger partial charge >= 0.3 is 0 Å². The van der Waals surface area contributed by atoms with Crippen LogP contribution in [0.2, 0.25) is 0 Å². The quantitative estimate of drug-likeness (QED) is 0.489. The zero-order chi connectivity index (χ0) is 8.06. The van der Waals surface area contributed by atoms with Gasteiger partial charge in [0.15, 0.2) is 6.29 Å². The number of ether oxygens (including phenoxy) is 2. The summed E-state index contributed by atoms with van der Waals surface area (Å²) in [6.45, 7) is 1.96. The number of aliphatic hydroxyl groups is 2. The normalized spacial score (nSPS) is 56.5. The molecular formula is C7H12O4. The zero-order valence-electron chi connectivity index (χ0n) is 6.36. The van der Waals surface area contributed by atoms with Gasteiger partial charge in [-0.2, -0.15) is 0 Å². The van der Waals surface area contributed by atoms with Crippen LogP contribution in [0.3, 0.4) is 0 Å². The van der Waals surface area contributed by atoms with Crippen LogP contribution in [0, 0.1) is 0 Å². The Balaban J connectivity index is 2.20. The van der Waals surface area contributed by atoms with Crippen LogP contribution in [0.5, 0.6) is 0 Å². The van der Waals surface area contributed by atoms with E-state index in [1.165, 1.54) is 0 Å². The molecule has 2 aliphatic rings. The fourth-order valence-electron chi connectivity index (χ4n) is 1.52. The largest absolute Gasteiger partial charge is 0.390 e. The molecule has 0 radical (unpaired) electrons. The van der Waals surface area contributed by atoms with Gasteiger partial charge in [0.2, 0.25) is 0 Å². The van der Waals surface area contributed by atoms with E-state index >= 15 is 0 Å². The van der Waals surface area contributed by atoms with E-state index in [0.717, 1.165) is 0 Å². The van der Waals surface area contributed by atoms with Gasteiger partial charge in [-0.3, -0.25) is 0 Å². The molecule has 4 atom stereocenters. The van der Waals surface area contributed by atoms with Crippen molar-refractivity contribution in [2.45, 2.75) is 37.4 Å². The third kappa shape index (κ3) is 0.980. The second kappa shape index (κ2) is 2.17. The summed E-state index contributed by atoms with van der Waals surface area (Å²) in [6.07, 6.45) is -1.04. The molecule has 0 saturated carbocycles. The lowest BCUT2D eigenvalue weighted by atomic mass is 9.89. The Morgan fingerprint density at radius 1 is 1.55 bits per heavy atom. The van der Waals surface area contributed by atoms with Crippen LogP contribution in [0.25, 0.3) is 0 Å². The minimum atomic E-state index is -1.15. The van der Waals surface area contributed by atoms with Gasteiger partial charge in [-0.25, -0.2) is 0 Å². The van der Waals surface area contributed by atoms with E-state index in [-0.39, 0.29) is 12.4 Å². The standard InChI is InChI=1S/C7H12O4/c1-7(9)4(8)2-6-10-3-5(7)11-6/h4-6,8-9H,2-3H2,1H3. The van der Waals surface area contributed by atoms with Crippen molar-refractivity contribution < 1.29 is 19.7 Å². The number of hydrogen-bond acceptors (Lipinski definition) is 4. The van der Waals surface area contributed by atoms with Crippen LogP contribution >= 0.6 is 0 Å². The van der Waals surface area contributed by atoms with Crippen molar-refractivity contribution in [3.8, 4) is 0 Å². The summed E-state index contributed by atoms with van der Waals surface area (Å²) < 4.78 is 10.4. The van der Waals surface area contributed by atoms with Crippen LogP contribution < -0.4 is 0 Å². The summed E-state index contributed by atoms with van der Waals surface area (Å²) in [6, 6.07) is 0. The first-order valence-corrected chi connectivity index (χ1v) is 3.78. The van der Waals surface area contributed by atoms with Crippen molar-refractivity contribution in [1.82, 2.24) is 0 Å². The van der Waals surface area contributed by atoms with Crippen LogP contribution in [-0.4, -0.2) is 40.9 Å². The third-order valence-corrected chi connectivity index (χ3v) is 2.49. The van der Waals surface area contributed by atoms with E-state index in [4.69, 9.17) is 9.47 Å². The third-order valence-electron chi connectivity index (χ3n) is 2.49. The predicted octanol–water partition coefficient (Wildman–Crippen LogP) is -0.757.